The van der Waals surface area contributed by atoms with E-state index < -0.39 is 6.10 Å². The number of aliphatic hydroxyl groups excluding tert-OH is 1. The first-order valence-corrected chi connectivity index (χ1v) is 11.2. The van der Waals surface area contributed by atoms with Crippen LogP contribution in [0, 0.1) is 0 Å². The van der Waals surface area contributed by atoms with Crippen molar-refractivity contribution < 1.29 is 19.4 Å². The van der Waals surface area contributed by atoms with E-state index in [9.17, 15) is 5.11 Å². The van der Waals surface area contributed by atoms with Crippen LogP contribution < -0.4 is 14.4 Å². The molecule has 2 aromatic carbocycles. The molecule has 0 heterocycles. The summed E-state index contributed by atoms with van der Waals surface area (Å²) in [5, 5.41) is 15.0. The van der Waals surface area contributed by atoms with Gasteiger partial charge in [-0.05, 0) is 62.0 Å². The van der Waals surface area contributed by atoms with E-state index in [0.29, 0.717) is 18.0 Å². The summed E-state index contributed by atoms with van der Waals surface area (Å²) < 4.78 is 10.7. The number of aliphatic hydroxyl groups is 1. The summed E-state index contributed by atoms with van der Waals surface area (Å²) in [5.41, 5.74) is 4.33. The van der Waals surface area contributed by atoms with Gasteiger partial charge in [0.2, 0.25) is 0 Å². The van der Waals surface area contributed by atoms with Crippen molar-refractivity contribution in [3.63, 3.8) is 0 Å². The number of methoxy groups -OCH3 is 2. The fraction of sp³-hybridized carbons (Fsp3) is 0.423. The van der Waals surface area contributed by atoms with E-state index >= 15 is 0 Å². The molecule has 0 aliphatic heterocycles. The van der Waals surface area contributed by atoms with Gasteiger partial charge in [-0.3, -0.25) is 0 Å². The Morgan fingerprint density at radius 3 is 2.50 bits per heavy atom. The lowest BCUT2D eigenvalue weighted by Gasteiger charge is -2.26. The van der Waals surface area contributed by atoms with Crippen LogP contribution in [0.15, 0.2) is 59.3 Å². The molecular formula is C26H34N2O4. The van der Waals surface area contributed by atoms with Crippen molar-refractivity contribution in [3.05, 3.63) is 59.7 Å². The van der Waals surface area contributed by atoms with Crippen molar-refractivity contribution in [2.24, 2.45) is 5.16 Å². The maximum atomic E-state index is 10.6. The summed E-state index contributed by atoms with van der Waals surface area (Å²) >= 11 is 0. The lowest BCUT2D eigenvalue weighted by molar-refractivity contribution is 0.0435. The number of ether oxygens (including phenoxy) is 2. The van der Waals surface area contributed by atoms with Crippen LogP contribution in [0.25, 0.3) is 6.08 Å². The van der Waals surface area contributed by atoms with Gasteiger partial charge in [0.1, 0.15) is 12.7 Å². The van der Waals surface area contributed by atoms with E-state index in [1.165, 1.54) is 11.1 Å². The fourth-order valence-electron chi connectivity index (χ4n) is 3.87. The van der Waals surface area contributed by atoms with Crippen LogP contribution in [0.2, 0.25) is 0 Å². The highest BCUT2D eigenvalue weighted by molar-refractivity contribution is 6.03. The lowest BCUT2D eigenvalue weighted by Crippen LogP contribution is -2.34. The molecule has 1 atom stereocenters. The highest BCUT2D eigenvalue weighted by Crippen LogP contribution is 2.31. The Bertz CT molecular complexity index is 911. The van der Waals surface area contributed by atoms with Crippen molar-refractivity contribution in [2.75, 3.05) is 38.8 Å². The molecule has 0 aromatic heterocycles. The number of anilines is 1. The van der Waals surface area contributed by atoms with Gasteiger partial charge in [0.15, 0.2) is 11.5 Å². The molecule has 1 aliphatic carbocycles. The number of benzene rings is 2. The van der Waals surface area contributed by atoms with Crippen LogP contribution in [0.1, 0.15) is 38.2 Å². The summed E-state index contributed by atoms with van der Waals surface area (Å²) in [6.45, 7) is 3.37. The standard InChI is InChI=1S/C26H34N2O4/c1-4-28(22-14-15-25(30-2)26(17-22)31-3)18-23(29)19-32-27-24-13-9-8-12-21(24)16-20-10-6-5-7-11-20/h5-7,10-11,14-17,23,29H,4,8-9,12-13,18-19H2,1-3H3/b21-16-,27-24+. The second-order valence-corrected chi connectivity index (χ2v) is 7.85. The maximum absolute atomic E-state index is 10.6. The van der Waals surface area contributed by atoms with Gasteiger partial charge in [0, 0.05) is 24.8 Å². The minimum Gasteiger partial charge on any atom is -0.493 e. The van der Waals surface area contributed by atoms with Crippen molar-refractivity contribution in [2.45, 2.75) is 38.7 Å². The Kier molecular flexibility index (Phi) is 8.99. The molecule has 0 amide bonds. The van der Waals surface area contributed by atoms with Crippen molar-refractivity contribution in [1.29, 1.82) is 0 Å². The molecule has 1 saturated carbocycles. The minimum atomic E-state index is -0.669. The molecule has 172 valence electrons. The molecule has 6 nitrogen and oxygen atoms in total. The van der Waals surface area contributed by atoms with Gasteiger partial charge in [-0.2, -0.15) is 0 Å². The van der Waals surface area contributed by atoms with Crippen LogP contribution in [0.5, 0.6) is 11.5 Å². The molecule has 1 N–H and O–H groups in total. The average Bonchev–Trinajstić information content (AvgIpc) is 2.83. The molecule has 0 saturated heterocycles. The number of allylic oxidation sites excluding steroid dienone is 1. The minimum absolute atomic E-state index is 0.145. The van der Waals surface area contributed by atoms with Crippen LogP contribution in [-0.4, -0.2) is 50.8 Å². The Balaban J connectivity index is 1.60. The first-order valence-electron chi connectivity index (χ1n) is 11.2. The van der Waals surface area contributed by atoms with E-state index in [1.54, 1.807) is 14.2 Å². The Morgan fingerprint density at radius 2 is 1.78 bits per heavy atom. The van der Waals surface area contributed by atoms with Gasteiger partial charge >= 0.3 is 0 Å². The molecule has 0 bridgehead atoms. The van der Waals surface area contributed by atoms with Gasteiger partial charge in [0.05, 0.1) is 19.9 Å². The first kappa shape index (κ1) is 23.7. The molecule has 1 unspecified atom stereocenters. The third-order valence-corrected chi connectivity index (χ3v) is 5.61. The number of nitrogens with zero attached hydrogens (tertiary/aromatic N) is 2. The topological polar surface area (TPSA) is 63.5 Å². The van der Waals surface area contributed by atoms with Gasteiger partial charge in [-0.1, -0.05) is 35.5 Å². The SMILES string of the molecule is CCN(CC(O)CO/N=C1\CCCC\C1=C\c1ccccc1)c1ccc(OC)c(OC)c1. The summed E-state index contributed by atoms with van der Waals surface area (Å²) in [5.74, 6) is 1.34. The monoisotopic (exact) mass is 438 g/mol. The van der Waals surface area contributed by atoms with Crippen molar-refractivity contribution in [1.82, 2.24) is 0 Å². The zero-order chi connectivity index (χ0) is 22.8. The second-order valence-electron chi connectivity index (χ2n) is 7.85. The molecule has 1 fully saturated rings. The van der Waals surface area contributed by atoms with Crippen LogP contribution in [-0.2, 0) is 4.84 Å². The van der Waals surface area contributed by atoms with Crippen LogP contribution in [0.3, 0.4) is 0 Å². The van der Waals surface area contributed by atoms with E-state index in [4.69, 9.17) is 14.3 Å². The van der Waals surface area contributed by atoms with Crippen molar-refractivity contribution >= 4 is 17.5 Å². The van der Waals surface area contributed by atoms with Gasteiger partial charge in [-0.15, -0.1) is 0 Å². The zero-order valence-electron chi connectivity index (χ0n) is 19.3. The van der Waals surface area contributed by atoms with E-state index in [-0.39, 0.29) is 6.61 Å². The Labute approximate surface area is 191 Å². The average molecular weight is 439 g/mol. The number of likely N-dealkylation sites (N-methyl/N-ethyl adjacent to an activating group) is 1. The summed E-state index contributed by atoms with van der Waals surface area (Å²) in [7, 11) is 3.23. The predicted molar refractivity (Wildman–Crippen MR) is 130 cm³/mol. The highest BCUT2D eigenvalue weighted by Gasteiger charge is 2.16. The molecule has 0 radical (unpaired) electrons. The van der Waals surface area contributed by atoms with Gasteiger partial charge in [-0.25, -0.2) is 0 Å². The highest BCUT2D eigenvalue weighted by atomic mass is 16.6. The Hall–Kier alpha value is -2.99. The van der Waals surface area contributed by atoms with Crippen LogP contribution >= 0.6 is 0 Å². The number of rotatable bonds is 10. The van der Waals surface area contributed by atoms with E-state index in [1.807, 2.05) is 43.3 Å². The smallest absolute Gasteiger partial charge is 0.162 e. The number of hydrogen-bond donors (Lipinski definition) is 1. The summed E-state index contributed by atoms with van der Waals surface area (Å²) in [4.78, 5) is 7.67. The normalized spacial score (nSPS) is 17.2. The zero-order valence-corrected chi connectivity index (χ0v) is 19.3. The van der Waals surface area contributed by atoms with Gasteiger partial charge in [0.25, 0.3) is 0 Å². The van der Waals surface area contributed by atoms with E-state index in [0.717, 1.165) is 43.6 Å². The fourth-order valence-corrected chi connectivity index (χ4v) is 3.87. The first-order chi connectivity index (χ1) is 15.6. The third-order valence-electron chi connectivity index (χ3n) is 5.61. The number of hydrogen-bond acceptors (Lipinski definition) is 6. The molecule has 3 rings (SSSR count). The molecule has 32 heavy (non-hydrogen) atoms. The molecule has 1 aliphatic rings. The lowest BCUT2D eigenvalue weighted by atomic mass is 9.91. The third kappa shape index (κ3) is 6.50. The second kappa shape index (κ2) is 12.2. The van der Waals surface area contributed by atoms with Crippen LogP contribution in [0.4, 0.5) is 5.69 Å². The maximum Gasteiger partial charge on any atom is 0.162 e. The quantitative estimate of drug-likeness (QED) is 0.534. The largest absolute Gasteiger partial charge is 0.493 e. The van der Waals surface area contributed by atoms with Gasteiger partial charge < -0.3 is 24.3 Å². The summed E-state index contributed by atoms with van der Waals surface area (Å²) in [6, 6.07) is 16.0. The predicted octanol–water partition coefficient (Wildman–Crippen LogP) is 4.92. The molecule has 6 heteroatoms. The summed E-state index contributed by atoms with van der Waals surface area (Å²) in [6.07, 6.45) is 5.70. The van der Waals surface area contributed by atoms with E-state index in [2.05, 4.69) is 28.3 Å². The molecular weight excluding hydrogens is 404 g/mol. The van der Waals surface area contributed by atoms with Crippen molar-refractivity contribution in [3.8, 4) is 11.5 Å². The number of oxime groups is 1. The molecule has 0 spiro atoms. The molecule has 2 aromatic rings. The Morgan fingerprint density at radius 1 is 1.03 bits per heavy atom.